The number of aliphatic hydroxyl groups is 2. The van der Waals surface area contributed by atoms with Crippen molar-refractivity contribution in [2.45, 2.75) is 12.8 Å². The van der Waals surface area contributed by atoms with E-state index in [1.807, 2.05) is 0 Å². The van der Waals surface area contributed by atoms with Crippen LogP contribution < -0.4 is 15.4 Å². The molecule has 0 saturated heterocycles. The van der Waals surface area contributed by atoms with Crippen LogP contribution in [0.15, 0.2) is 30.6 Å². The van der Waals surface area contributed by atoms with Crippen LogP contribution in [-0.2, 0) is 0 Å². The molecule has 1 aliphatic carbocycles. The zero-order chi connectivity index (χ0) is 19.4. The van der Waals surface area contributed by atoms with Gasteiger partial charge in [-0.3, -0.25) is 9.59 Å². The molecule has 4 N–H and O–H groups in total. The van der Waals surface area contributed by atoms with Gasteiger partial charge in [-0.1, -0.05) is 0 Å². The molecule has 1 aromatic carbocycles. The molecule has 0 radical (unpaired) electrons. The molecule has 3 rings (SSSR count). The first-order chi connectivity index (χ1) is 13.1. The summed E-state index contributed by atoms with van der Waals surface area (Å²) in [4.78, 5) is 26.2. The maximum atomic E-state index is 13.1. The van der Waals surface area contributed by atoms with Crippen molar-refractivity contribution < 1.29 is 24.5 Å². The third-order valence-corrected chi connectivity index (χ3v) is 4.38. The number of hydrogen-bond donors (Lipinski definition) is 4. The average molecular weight is 371 g/mol. The zero-order valence-electron chi connectivity index (χ0n) is 14.7. The van der Waals surface area contributed by atoms with Gasteiger partial charge in [0.1, 0.15) is 0 Å². The number of carbonyl (C=O) groups excluding carboxylic acids is 2. The summed E-state index contributed by atoms with van der Waals surface area (Å²) >= 11 is 0. The van der Waals surface area contributed by atoms with Crippen LogP contribution in [0.2, 0.25) is 0 Å². The summed E-state index contributed by atoms with van der Waals surface area (Å²) in [6, 6.07) is 4.76. The van der Waals surface area contributed by atoms with E-state index in [9.17, 15) is 14.8 Å². The second-order valence-corrected chi connectivity index (χ2v) is 6.21. The van der Waals surface area contributed by atoms with Gasteiger partial charge in [-0.15, -0.1) is 0 Å². The van der Waals surface area contributed by atoms with E-state index < -0.39 is 5.78 Å². The summed E-state index contributed by atoms with van der Waals surface area (Å²) in [5.41, 5.74) is 1.72. The Balaban J connectivity index is 2.10. The van der Waals surface area contributed by atoms with Gasteiger partial charge in [-0.2, -0.15) is 4.73 Å². The number of aliphatic hydroxyl groups excluding tert-OH is 2. The maximum Gasteiger partial charge on any atom is 0.202 e. The number of fused-ring (bicyclic) bond motifs is 2. The van der Waals surface area contributed by atoms with E-state index in [1.54, 1.807) is 12.1 Å². The number of aromatic nitrogens is 1. The predicted molar refractivity (Wildman–Crippen MR) is 99.1 cm³/mol. The van der Waals surface area contributed by atoms with Crippen molar-refractivity contribution in [2.75, 3.05) is 36.9 Å². The molecule has 1 aliphatic rings. The molecule has 142 valence electrons. The standard InChI is InChI=1S/C19H21N3O5/c23-9-1-6-20-14-3-4-15(21-7-2-10-24)17-16(14)18(25)12-5-8-22(27)11-13(12)19(17)26/h3-5,8,11,20-21,23-24H,1-2,6-7,9-10H2. The molecule has 0 fully saturated rings. The molecule has 27 heavy (non-hydrogen) atoms. The number of anilines is 2. The van der Waals surface area contributed by atoms with E-state index in [-0.39, 0.29) is 41.3 Å². The molecule has 1 heterocycles. The molecule has 0 spiro atoms. The number of ketones is 2. The van der Waals surface area contributed by atoms with E-state index in [0.29, 0.717) is 42.0 Å². The van der Waals surface area contributed by atoms with Crippen molar-refractivity contribution in [1.82, 2.24) is 0 Å². The minimum atomic E-state index is -0.401. The fourth-order valence-electron chi connectivity index (χ4n) is 3.10. The highest BCUT2D eigenvalue weighted by atomic mass is 16.5. The van der Waals surface area contributed by atoms with E-state index in [4.69, 9.17) is 10.2 Å². The van der Waals surface area contributed by atoms with Crippen LogP contribution in [0.25, 0.3) is 0 Å². The van der Waals surface area contributed by atoms with Crippen LogP contribution in [0.1, 0.15) is 44.7 Å². The summed E-state index contributed by atoms with van der Waals surface area (Å²) in [6.45, 7) is 0.895. The largest absolute Gasteiger partial charge is 0.619 e. The Bertz CT molecular complexity index is 882. The van der Waals surface area contributed by atoms with Crippen molar-refractivity contribution in [3.63, 3.8) is 0 Å². The summed E-state index contributed by atoms with van der Waals surface area (Å²) in [7, 11) is 0. The summed E-state index contributed by atoms with van der Waals surface area (Å²) < 4.78 is 0.497. The molecule has 0 unspecified atom stereocenters. The minimum absolute atomic E-state index is 0.00187. The molecule has 8 nitrogen and oxygen atoms in total. The highest BCUT2D eigenvalue weighted by molar-refractivity contribution is 6.31. The molecular weight excluding hydrogens is 350 g/mol. The zero-order valence-corrected chi connectivity index (χ0v) is 14.7. The monoisotopic (exact) mass is 371 g/mol. The molecule has 0 saturated carbocycles. The Morgan fingerprint density at radius 2 is 1.37 bits per heavy atom. The van der Waals surface area contributed by atoms with Gasteiger partial charge in [-0.25, -0.2) is 0 Å². The summed E-state index contributed by atoms with van der Waals surface area (Å²) in [5, 5.41) is 35.7. The molecule has 1 aromatic heterocycles. The Labute approximate surface area is 156 Å². The highest BCUT2D eigenvalue weighted by Gasteiger charge is 2.35. The molecule has 0 bridgehead atoms. The second-order valence-electron chi connectivity index (χ2n) is 6.21. The highest BCUT2D eigenvalue weighted by Crippen LogP contribution is 2.36. The third-order valence-electron chi connectivity index (χ3n) is 4.38. The molecule has 0 amide bonds. The lowest BCUT2D eigenvalue weighted by atomic mass is 9.83. The smallest absolute Gasteiger partial charge is 0.202 e. The maximum absolute atomic E-state index is 13.1. The van der Waals surface area contributed by atoms with Gasteiger partial charge in [-0.05, 0) is 25.0 Å². The molecule has 8 heteroatoms. The Morgan fingerprint density at radius 3 is 1.89 bits per heavy atom. The number of nitrogens with zero attached hydrogens (tertiary/aromatic N) is 1. The fourth-order valence-corrected chi connectivity index (χ4v) is 3.10. The van der Waals surface area contributed by atoms with Gasteiger partial charge in [0, 0.05) is 49.3 Å². The minimum Gasteiger partial charge on any atom is -0.619 e. The number of benzene rings is 1. The molecule has 0 aliphatic heterocycles. The van der Waals surface area contributed by atoms with Crippen LogP contribution in [0, 0.1) is 5.21 Å². The van der Waals surface area contributed by atoms with Gasteiger partial charge in [0.2, 0.25) is 5.78 Å². The van der Waals surface area contributed by atoms with E-state index in [2.05, 4.69) is 10.6 Å². The van der Waals surface area contributed by atoms with E-state index in [0.717, 1.165) is 6.20 Å². The Kier molecular flexibility index (Phi) is 5.68. The van der Waals surface area contributed by atoms with E-state index >= 15 is 0 Å². The van der Waals surface area contributed by atoms with Crippen LogP contribution >= 0.6 is 0 Å². The fraction of sp³-hybridized carbons (Fsp3) is 0.316. The van der Waals surface area contributed by atoms with Crippen LogP contribution in [0.3, 0.4) is 0 Å². The Morgan fingerprint density at radius 1 is 0.852 bits per heavy atom. The average Bonchev–Trinajstić information content (AvgIpc) is 2.67. The lowest BCUT2D eigenvalue weighted by Gasteiger charge is -2.23. The molecule has 2 aromatic rings. The quantitative estimate of drug-likeness (QED) is 0.261. The number of pyridine rings is 1. The second kappa shape index (κ2) is 8.15. The Hall–Kier alpha value is -2.97. The lowest BCUT2D eigenvalue weighted by Crippen LogP contribution is -2.32. The third kappa shape index (κ3) is 3.62. The predicted octanol–water partition coefficient (Wildman–Crippen LogP) is 0.684. The van der Waals surface area contributed by atoms with Gasteiger partial charge >= 0.3 is 0 Å². The first-order valence-electron chi connectivity index (χ1n) is 8.77. The SMILES string of the molecule is O=C1c2cc[n+]([O-])cc2C(=O)c2c(NCCCO)ccc(NCCCO)c21. The van der Waals surface area contributed by atoms with E-state index in [1.165, 1.54) is 12.3 Å². The van der Waals surface area contributed by atoms with Crippen LogP contribution in [-0.4, -0.2) is 48.1 Å². The molecular formula is C19H21N3O5. The van der Waals surface area contributed by atoms with Gasteiger partial charge in [0.25, 0.3) is 0 Å². The first-order valence-corrected chi connectivity index (χ1v) is 8.77. The number of nitrogens with one attached hydrogen (secondary N) is 2. The number of hydrogen-bond acceptors (Lipinski definition) is 7. The van der Waals surface area contributed by atoms with Crippen LogP contribution in [0.5, 0.6) is 0 Å². The molecule has 0 atom stereocenters. The normalized spacial score (nSPS) is 12.5. The van der Waals surface area contributed by atoms with Crippen molar-refractivity contribution in [2.24, 2.45) is 0 Å². The number of carbonyl (C=O) groups is 2. The number of rotatable bonds is 8. The van der Waals surface area contributed by atoms with Gasteiger partial charge in [0.05, 0.1) is 16.7 Å². The van der Waals surface area contributed by atoms with Gasteiger partial charge < -0.3 is 26.1 Å². The van der Waals surface area contributed by atoms with Crippen molar-refractivity contribution in [3.8, 4) is 0 Å². The lowest BCUT2D eigenvalue weighted by molar-refractivity contribution is -0.605. The van der Waals surface area contributed by atoms with Gasteiger partial charge in [0.15, 0.2) is 18.2 Å². The summed E-state index contributed by atoms with van der Waals surface area (Å²) in [5.74, 6) is -0.736. The van der Waals surface area contributed by atoms with Crippen LogP contribution in [0.4, 0.5) is 11.4 Å². The topological polar surface area (TPSA) is 126 Å². The van der Waals surface area contributed by atoms with Crippen molar-refractivity contribution in [1.29, 1.82) is 0 Å². The van der Waals surface area contributed by atoms with Crippen molar-refractivity contribution >= 4 is 22.9 Å². The van der Waals surface area contributed by atoms with Crippen molar-refractivity contribution in [3.05, 3.63) is 58.1 Å². The first kappa shape index (κ1) is 18.8. The summed E-state index contributed by atoms with van der Waals surface area (Å²) in [6.07, 6.45) is 3.30.